The number of aromatic nitrogens is 3. The van der Waals surface area contributed by atoms with Gasteiger partial charge in [-0.15, -0.1) is 0 Å². The van der Waals surface area contributed by atoms with E-state index in [2.05, 4.69) is 36.9 Å². The SMILES string of the molecule is C=CC(=O)Nc1cccc(C(=O)Nc2cnc3[nH]cc(-c4c(F)ccc(NS(=O)(=O)CCC)c4F)c3n2)c1. The van der Waals surface area contributed by atoms with Crippen molar-refractivity contribution in [1.29, 1.82) is 0 Å². The maximum Gasteiger partial charge on any atom is 0.256 e. The first-order chi connectivity index (χ1) is 18.1. The number of benzene rings is 2. The highest BCUT2D eigenvalue weighted by Gasteiger charge is 2.22. The highest BCUT2D eigenvalue weighted by molar-refractivity contribution is 7.92. The maximum atomic E-state index is 15.3. The molecule has 4 N–H and O–H groups in total. The third kappa shape index (κ3) is 5.67. The summed E-state index contributed by atoms with van der Waals surface area (Å²) >= 11 is 0. The first-order valence-corrected chi connectivity index (χ1v) is 12.9. The van der Waals surface area contributed by atoms with E-state index in [9.17, 15) is 22.4 Å². The van der Waals surface area contributed by atoms with Gasteiger partial charge in [0, 0.05) is 23.0 Å². The number of sulfonamides is 1. The third-order valence-corrected chi connectivity index (χ3v) is 6.78. The minimum Gasteiger partial charge on any atom is -0.344 e. The fraction of sp³-hybridized carbons (Fsp3) is 0.120. The van der Waals surface area contributed by atoms with E-state index in [4.69, 9.17) is 0 Å². The average molecular weight is 541 g/mol. The van der Waals surface area contributed by atoms with E-state index in [1.54, 1.807) is 19.1 Å². The number of hydrogen-bond donors (Lipinski definition) is 4. The van der Waals surface area contributed by atoms with Gasteiger partial charge in [0.05, 0.1) is 23.2 Å². The zero-order valence-corrected chi connectivity index (χ0v) is 20.8. The Kier molecular flexibility index (Phi) is 7.48. The van der Waals surface area contributed by atoms with Crippen LogP contribution in [0.15, 0.2) is 61.4 Å². The number of amides is 2. The van der Waals surface area contributed by atoms with Crippen LogP contribution < -0.4 is 15.4 Å². The summed E-state index contributed by atoms with van der Waals surface area (Å²) in [5, 5.41) is 5.11. The molecule has 2 aromatic heterocycles. The van der Waals surface area contributed by atoms with E-state index >= 15 is 4.39 Å². The van der Waals surface area contributed by atoms with Gasteiger partial charge in [0.1, 0.15) is 11.3 Å². The molecule has 0 unspecified atom stereocenters. The van der Waals surface area contributed by atoms with Crippen molar-refractivity contribution in [2.75, 3.05) is 21.1 Å². The number of anilines is 3. The molecule has 0 atom stereocenters. The predicted octanol–water partition coefficient (Wildman–Crippen LogP) is 4.43. The van der Waals surface area contributed by atoms with Gasteiger partial charge < -0.3 is 15.6 Å². The van der Waals surface area contributed by atoms with Crippen LogP contribution in [0.3, 0.4) is 0 Å². The molecule has 0 saturated heterocycles. The van der Waals surface area contributed by atoms with Crippen molar-refractivity contribution in [3.05, 3.63) is 78.6 Å². The van der Waals surface area contributed by atoms with Gasteiger partial charge in [0.15, 0.2) is 17.3 Å². The Labute approximate surface area is 216 Å². The van der Waals surface area contributed by atoms with Crippen LogP contribution in [0, 0.1) is 11.6 Å². The number of halogens is 2. The van der Waals surface area contributed by atoms with Crippen molar-refractivity contribution in [2.45, 2.75) is 13.3 Å². The van der Waals surface area contributed by atoms with Crippen LogP contribution in [0.1, 0.15) is 23.7 Å². The molecule has 2 heterocycles. The Morgan fingerprint density at radius 2 is 1.95 bits per heavy atom. The summed E-state index contributed by atoms with van der Waals surface area (Å²) in [5.74, 6) is -3.33. The van der Waals surface area contributed by atoms with Gasteiger partial charge in [-0.25, -0.2) is 27.2 Å². The predicted molar refractivity (Wildman–Crippen MR) is 140 cm³/mol. The zero-order chi connectivity index (χ0) is 27.4. The molecule has 0 fully saturated rings. The second-order valence-electron chi connectivity index (χ2n) is 8.09. The number of fused-ring (bicyclic) bond motifs is 1. The summed E-state index contributed by atoms with van der Waals surface area (Å²) in [6.07, 6.45) is 3.94. The average Bonchev–Trinajstić information content (AvgIpc) is 3.28. The van der Waals surface area contributed by atoms with Gasteiger partial charge in [-0.2, -0.15) is 0 Å². The normalized spacial score (nSPS) is 11.2. The second-order valence-corrected chi connectivity index (χ2v) is 9.93. The lowest BCUT2D eigenvalue weighted by atomic mass is 10.1. The van der Waals surface area contributed by atoms with Crippen molar-refractivity contribution in [1.82, 2.24) is 15.0 Å². The summed E-state index contributed by atoms with van der Waals surface area (Å²) in [6.45, 7) is 5.03. The number of nitrogens with zero attached hydrogens (tertiary/aromatic N) is 2. The van der Waals surface area contributed by atoms with Gasteiger partial charge in [0.2, 0.25) is 15.9 Å². The topological polar surface area (TPSA) is 146 Å². The molecule has 0 aliphatic heterocycles. The fourth-order valence-electron chi connectivity index (χ4n) is 3.63. The lowest BCUT2D eigenvalue weighted by molar-refractivity contribution is -0.111. The number of rotatable bonds is 9. The van der Waals surface area contributed by atoms with Crippen molar-refractivity contribution >= 4 is 50.2 Å². The highest BCUT2D eigenvalue weighted by atomic mass is 32.2. The van der Waals surface area contributed by atoms with Crippen LogP contribution in [-0.2, 0) is 14.8 Å². The van der Waals surface area contributed by atoms with Crippen LogP contribution in [0.25, 0.3) is 22.3 Å². The molecule has 2 aromatic carbocycles. The van der Waals surface area contributed by atoms with E-state index in [0.717, 1.165) is 18.2 Å². The summed E-state index contributed by atoms with van der Waals surface area (Å²) in [6, 6.07) is 8.07. The first kappa shape index (κ1) is 26.4. The van der Waals surface area contributed by atoms with Crippen molar-refractivity contribution < 1.29 is 26.8 Å². The molecule has 196 valence electrons. The van der Waals surface area contributed by atoms with Gasteiger partial charge in [-0.3, -0.25) is 14.3 Å². The Morgan fingerprint density at radius 1 is 1.16 bits per heavy atom. The molecule has 38 heavy (non-hydrogen) atoms. The number of aromatic amines is 1. The lowest BCUT2D eigenvalue weighted by Gasteiger charge is -2.12. The fourth-order valence-corrected chi connectivity index (χ4v) is 4.76. The Hall–Kier alpha value is -4.65. The first-order valence-electron chi connectivity index (χ1n) is 11.3. The number of carbonyl (C=O) groups excluding carboxylic acids is 2. The molecule has 13 heteroatoms. The van der Waals surface area contributed by atoms with E-state index in [1.165, 1.54) is 24.5 Å². The van der Waals surface area contributed by atoms with Crippen LogP contribution in [0.2, 0.25) is 0 Å². The van der Waals surface area contributed by atoms with E-state index in [1.807, 2.05) is 0 Å². The summed E-state index contributed by atoms with van der Waals surface area (Å²) < 4.78 is 56.6. The van der Waals surface area contributed by atoms with Gasteiger partial charge in [-0.05, 0) is 42.8 Å². The molecule has 10 nitrogen and oxygen atoms in total. The van der Waals surface area contributed by atoms with Crippen molar-refractivity contribution in [3.8, 4) is 11.1 Å². The molecule has 0 aliphatic carbocycles. The second kappa shape index (κ2) is 10.8. The molecule has 2 amide bonds. The number of carbonyl (C=O) groups is 2. The number of hydrogen-bond acceptors (Lipinski definition) is 6. The highest BCUT2D eigenvalue weighted by Crippen LogP contribution is 2.35. The smallest absolute Gasteiger partial charge is 0.256 e. The lowest BCUT2D eigenvalue weighted by Crippen LogP contribution is -2.17. The van der Waals surface area contributed by atoms with Gasteiger partial charge in [-0.1, -0.05) is 19.6 Å². The minimum absolute atomic E-state index is 0.00972. The van der Waals surface area contributed by atoms with Crippen LogP contribution >= 0.6 is 0 Å². The van der Waals surface area contributed by atoms with Crippen LogP contribution in [0.5, 0.6) is 0 Å². The Bertz CT molecular complexity index is 1670. The van der Waals surface area contributed by atoms with Crippen molar-refractivity contribution in [3.63, 3.8) is 0 Å². The Balaban J connectivity index is 1.67. The molecule has 4 rings (SSSR count). The molecule has 0 spiro atoms. The Morgan fingerprint density at radius 3 is 2.68 bits per heavy atom. The third-order valence-electron chi connectivity index (χ3n) is 5.30. The molecular weight excluding hydrogens is 518 g/mol. The van der Waals surface area contributed by atoms with Gasteiger partial charge >= 0.3 is 0 Å². The molecule has 0 radical (unpaired) electrons. The summed E-state index contributed by atoms with van der Waals surface area (Å²) in [7, 11) is -3.83. The molecule has 0 saturated carbocycles. The quantitative estimate of drug-likeness (QED) is 0.231. The van der Waals surface area contributed by atoms with Crippen molar-refractivity contribution in [2.24, 2.45) is 0 Å². The number of nitrogens with one attached hydrogen (secondary N) is 4. The molecule has 0 bridgehead atoms. The van der Waals surface area contributed by atoms with Gasteiger partial charge in [0.25, 0.3) is 5.91 Å². The summed E-state index contributed by atoms with van der Waals surface area (Å²) in [4.78, 5) is 35.5. The molecule has 0 aliphatic rings. The van der Waals surface area contributed by atoms with E-state index < -0.39 is 44.7 Å². The maximum absolute atomic E-state index is 15.3. The van der Waals surface area contributed by atoms with Crippen LogP contribution in [0.4, 0.5) is 26.0 Å². The van der Waals surface area contributed by atoms with E-state index in [0.29, 0.717) is 12.1 Å². The zero-order valence-electron chi connectivity index (χ0n) is 20.0. The minimum atomic E-state index is -3.83. The van der Waals surface area contributed by atoms with Crippen LogP contribution in [-0.4, -0.2) is 40.9 Å². The number of H-pyrrole nitrogens is 1. The largest absolute Gasteiger partial charge is 0.344 e. The molecule has 4 aromatic rings. The summed E-state index contributed by atoms with van der Waals surface area (Å²) in [5.41, 5.74) is -0.153. The standard InChI is InChI=1S/C25H22F2N6O4S/c1-3-10-38(36,37)33-18-9-8-17(26)21(22(18)27)16-12-28-24-23(16)31-19(13-29-24)32-25(35)14-6-5-7-15(11-14)30-20(34)4-2/h4-9,11-13,33H,2-3,10H2,1H3,(H,28,29)(H,30,34)(H,31,32,35). The monoisotopic (exact) mass is 540 g/mol. The van der Waals surface area contributed by atoms with E-state index in [-0.39, 0.29) is 33.9 Å². The molecular formula is C25H22F2N6O4S.